The van der Waals surface area contributed by atoms with Crippen molar-refractivity contribution >= 4 is 12.1 Å². The predicted molar refractivity (Wildman–Crippen MR) is 83.4 cm³/mol. The van der Waals surface area contributed by atoms with Crippen LogP contribution in [-0.4, -0.2) is 68.5 Å². The summed E-state index contributed by atoms with van der Waals surface area (Å²) in [7, 11) is 1.27. The van der Waals surface area contributed by atoms with Crippen LogP contribution in [-0.2, 0) is 16.0 Å². The van der Waals surface area contributed by atoms with E-state index in [9.17, 15) is 14.7 Å². The first-order valence-corrected chi connectivity index (χ1v) is 7.81. The van der Waals surface area contributed by atoms with Gasteiger partial charge in [-0.3, -0.25) is 0 Å². The molecular weight excluding hydrogens is 316 g/mol. The van der Waals surface area contributed by atoms with Crippen LogP contribution in [0.15, 0.2) is 6.20 Å². The molecule has 0 spiro atoms. The van der Waals surface area contributed by atoms with Crippen LogP contribution in [0.25, 0.3) is 0 Å². The molecule has 1 aliphatic rings. The maximum atomic E-state index is 12.0. The molecule has 1 aromatic rings. The summed E-state index contributed by atoms with van der Waals surface area (Å²) in [6.45, 7) is 6.42. The van der Waals surface area contributed by atoms with Crippen molar-refractivity contribution in [1.29, 1.82) is 0 Å². The Bertz CT molecular complexity index is 599. The van der Waals surface area contributed by atoms with E-state index in [1.165, 1.54) is 18.0 Å². The van der Waals surface area contributed by atoms with E-state index in [1.54, 1.807) is 4.90 Å². The van der Waals surface area contributed by atoms with Gasteiger partial charge in [-0.25, -0.2) is 14.3 Å². The van der Waals surface area contributed by atoms with Gasteiger partial charge in [0.05, 0.1) is 25.5 Å². The van der Waals surface area contributed by atoms with E-state index >= 15 is 0 Å². The first-order chi connectivity index (χ1) is 11.1. The number of esters is 1. The quantitative estimate of drug-likeness (QED) is 0.812. The van der Waals surface area contributed by atoms with Crippen molar-refractivity contribution in [2.45, 2.75) is 51.4 Å². The third-order valence-electron chi connectivity index (χ3n) is 3.74. The normalized spacial score (nSPS) is 17.5. The summed E-state index contributed by atoms with van der Waals surface area (Å²) < 4.78 is 11.3. The van der Waals surface area contributed by atoms with Crippen LogP contribution in [0.4, 0.5) is 4.79 Å². The maximum Gasteiger partial charge on any atom is 0.410 e. The molecule has 2 rings (SSSR count). The van der Waals surface area contributed by atoms with Crippen LogP contribution in [0.1, 0.15) is 44.1 Å². The second-order valence-electron chi connectivity index (χ2n) is 6.98. The van der Waals surface area contributed by atoms with E-state index < -0.39 is 17.2 Å². The molecule has 9 heteroatoms. The van der Waals surface area contributed by atoms with Gasteiger partial charge in [0.15, 0.2) is 5.69 Å². The number of methoxy groups -OCH3 is 1. The summed E-state index contributed by atoms with van der Waals surface area (Å²) in [5.74, 6) is -0.576. The molecule has 1 amide bonds. The monoisotopic (exact) mass is 340 g/mol. The average molecular weight is 340 g/mol. The largest absolute Gasteiger partial charge is 0.464 e. The number of carbonyl (C=O) groups excluding carboxylic acids is 2. The Labute approximate surface area is 140 Å². The van der Waals surface area contributed by atoms with Crippen LogP contribution in [0.2, 0.25) is 0 Å². The number of ether oxygens (including phenoxy) is 2. The molecule has 2 heterocycles. The lowest BCUT2D eigenvalue weighted by Crippen LogP contribution is -2.49. The topological polar surface area (TPSA) is 107 Å². The lowest BCUT2D eigenvalue weighted by Gasteiger charge is -2.38. The maximum absolute atomic E-state index is 12.0. The number of amides is 1. The van der Waals surface area contributed by atoms with Crippen molar-refractivity contribution in [3.8, 4) is 0 Å². The molecule has 1 aromatic heterocycles. The average Bonchev–Trinajstić information content (AvgIpc) is 2.93. The molecule has 0 radical (unpaired) electrons. The minimum absolute atomic E-state index is 0.0901. The number of hydrogen-bond donors (Lipinski definition) is 1. The standard InChI is InChI=1S/C15H24N4O5/c1-14(2,3)24-13(21)18-7-5-15(22,6-8-18)10-19-9-11(16-17-19)12(20)23-4/h9,22H,5-8,10H2,1-4H3. The van der Waals surface area contributed by atoms with Gasteiger partial charge in [-0.1, -0.05) is 5.21 Å². The molecule has 0 atom stereocenters. The molecule has 0 unspecified atom stereocenters. The second kappa shape index (κ2) is 6.76. The van der Waals surface area contributed by atoms with Gasteiger partial charge >= 0.3 is 12.1 Å². The lowest BCUT2D eigenvalue weighted by molar-refractivity contribution is -0.0434. The van der Waals surface area contributed by atoms with E-state index in [2.05, 4.69) is 15.0 Å². The molecule has 0 aliphatic carbocycles. The highest BCUT2D eigenvalue weighted by Gasteiger charge is 2.36. The second-order valence-corrected chi connectivity index (χ2v) is 6.98. The molecule has 1 aliphatic heterocycles. The van der Waals surface area contributed by atoms with Crippen LogP contribution >= 0.6 is 0 Å². The van der Waals surface area contributed by atoms with Gasteiger partial charge in [0.25, 0.3) is 0 Å². The van der Waals surface area contributed by atoms with E-state index in [1.807, 2.05) is 20.8 Å². The molecule has 134 valence electrons. The summed E-state index contributed by atoms with van der Waals surface area (Å²) in [4.78, 5) is 25.0. The number of hydrogen-bond acceptors (Lipinski definition) is 7. The predicted octanol–water partition coefficient (Wildman–Crippen LogP) is 0.827. The Morgan fingerprint density at radius 3 is 2.50 bits per heavy atom. The molecule has 1 N–H and O–H groups in total. The summed E-state index contributed by atoms with van der Waals surface area (Å²) in [5, 5.41) is 18.2. The van der Waals surface area contributed by atoms with Crippen molar-refractivity contribution in [1.82, 2.24) is 19.9 Å². The zero-order chi connectivity index (χ0) is 18.0. The Morgan fingerprint density at radius 1 is 1.33 bits per heavy atom. The molecule has 0 bridgehead atoms. The zero-order valence-electron chi connectivity index (χ0n) is 14.5. The highest BCUT2D eigenvalue weighted by molar-refractivity contribution is 5.86. The molecule has 0 saturated carbocycles. The van der Waals surface area contributed by atoms with Crippen molar-refractivity contribution in [2.24, 2.45) is 0 Å². The minimum atomic E-state index is -1.01. The SMILES string of the molecule is COC(=O)c1cn(CC2(O)CCN(C(=O)OC(C)(C)C)CC2)nn1. The van der Waals surface area contributed by atoms with Crippen LogP contribution in [0.3, 0.4) is 0 Å². The van der Waals surface area contributed by atoms with E-state index in [0.717, 1.165) is 0 Å². The third kappa shape index (κ3) is 4.67. The summed E-state index contributed by atoms with van der Waals surface area (Å²) >= 11 is 0. The fourth-order valence-electron chi connectivity index (χ4n) is 2.47. The van der Waals surface area contributed by atoms with E-state index in [-0.39, 0.29) is 18.3 Å². The number of rotatable bonds is 3. The van der Waals surface area contributed by atoms with E-state index in [0.29, 0.717) is 25.9 Å². The lowest BCUT2D eigenvalue weighted by atomic mass is 9.91. The molecule has 1 saturated heterocycles. The van der Waals surface area contributed by atoms with Crippen LogP contribution in [0.5, 0.6) is 0 Å². The van der Waals surface area contributed by atoms with Gasteiger partial charge in [0.2, 0.25) is 0 Å². The van der Waals surface area contributed by atoms with Crippen LogP contribution < -0.4 is 0 Å². The van der Waals surface area contributed by atoms with Gasteiger partial charge < -0.3 is 19.5 Å². The van der Waals surface area contributed by atoms with Crippen molar-refractivity contribution in [3.05, 3.63) is 11.9 Å². The molecule has 9 nitrogen and oxygen atoms in total. The van der Waals surface area contributed by atoms with Crippen LogP contribution in [0, 0.1) is 0 Å². The Hall–Kier alpha value is -2.16. The summed E-state index contributed by atoms with van der Waals surface area (Å²) in [6, 6.07) is 0. The fourth-order valence-corrected chi connectivity index (χ4v) is 2.47. The van der Waals surface area contributed by atoms with Crippen molar-refractivity contribution < 1.29 is 24.2 Å². The molecular formula is C15H24N4O5. The number of nitrogens with zero attached hydrogens (tertiary/aromatic N) is 4. The van der Waals surface area contributed by atoms with Gasteiger partial charge in [-0.2, -0.15) is 0 Å². The van der Waals surface area contributed by atoms with E-state index in [4.69, 9.17) is 4.74 Å². The first kappa shape index (κ1) is 18.2. The first-order valence-electron chi connectivity index (χ1n) is 7.81. The summed E-state index contributed by atoms with van der Waals surface area (Å²) in [5.41, 5.74) is -1.47. The number of piperidine rings is 1. The van der Waals surface area contributed by atoms with Gasteiger partial charge in [0, 0.05) is 13.1 Å². The molecule has 0 aromatic carbocycles. The van der Waals surface area contributed by atoms with Crippen molar-refractivity contribution in [3.63, 3.8) is 0 Å². The van der Waals surface area contributed by atoms with Crippen molar-refractivity contribution in [2.75, 3.05) is 20.2 Å². The highest BCUT2D eigenvalue weighted by atomic mass is 16.6. The molecule has 1 fully saturated rings. The number of likely N-dealkylation sites (tertiary alicyclic amines) is 1. The number of aromatic nitrogens is 3. The molecule has 24 heavy (non-hydrogen) atoms. The Morgan fingerprint density at radius 2 is 1.96 bits per heavy atom. The fraction of sp³-hybridized carbons (Fsp3) is 0.733. The third-order valence-corrected chi connectivity index (χ3v) is 3.74. The smallest absolute Gasteiger partial charge is 0.410 e. The number of carbonyl (C=O) groups is 2. The van der Waals surface area contributed by atoms with Gasteiger partial charge in [-0.15, -0.1) is 5.10 Å². The van der Waals surface area contributed by atoms with Gasteiger partial charge in [-0.05, 0) is 33.6 Å². The minimum Gasteiger partial charge on any atom is -0.464 e. The Balaban J connectivity index is 1.91. The Kier molecular flexibility index (Phi) is 5.12. The summed E-state index contributed by atoms with van der Waals surface area (Å²) in [6.07, 6.45) is 1.84. The highest BCUT2D eigenvalue weighted by Crippen LogP contribution is 2.25. The zero-order valence-corrected chi connectivity index (χ0v) is 14.5. The van der Waals surface area contributed by atoms with Gasteiger partial charge in [0.1, 0.15) is 5.60 Å². The number of aliphatic hydroxyl groups is 1.